The number of rotatable bonds is 6. The first kappa shape index (κ1) is 22.7. The molecule has 2 fully saturated rings. The van der Waals surface area contributed by atoms with Crippen LogP contribution in [0.4, 0.5) is 0 Å². The molecule has 8 heteroatoms. The summed E-state index contributed by atoms with van der Waals surface area (Å²) < 4.78 is 5.73. The fraction of sp³-hybridized carbons (Fsp3) is 0.500. The summed E-state index contributed by atoms with van der Waals surface area (Å²) in [6.07, 6.45) is 4.84. The van der Waals surface area contributed by atoms with Crippen molar-refractivity contribution < 1.29 is 24.5 Å². The van der Waals surface area contributed by atoms with Gasteiger partial charge in [-0.15, -0.1) is 0 Å². The molecule has 154 valence electrons. The van der Waals surface area contributed by atoms with Crippen LogP contribution < -0.4 is 5.32 Å². The van der Waals surface area contributed by atoms with E-state index in [4.69, 9.17) is 38.2 Å². The van der Waals surface area contributed by atoms with Gasteiger partial charge in [0.2, 0.25) is 0 Å². The highest BCUT2D eigenvalue weighted by Crippen LogP contribution is 2.43. The molecule has 28 heavy (non-hydrogen) atoms. The summed E-state index contributed by atoms with van der Waals surface area (Å²) in [4.78, 5) is 19.1. The Balaban J connectivity index is 0.000000300. The third kappa shape index (κ3) is 6.48. The number of fused-ring (bicyclic) bond motifs is 2. The Kier molecular flexibility index (Phi) is 8.76. The van der Waals surface area contributed by atoms with Crippen LogP contribution in [0.25, 0.3) is 0 Å². The van der Waals surface area contributed by atoms with E-state index in [0.717, 1.165) is 13.2 Å². The van der Waals surface area contributed by atoms with Crippen molar-refractivity contribution in [3.8, 4) is 0 Å². The zero-order chi connectivity index (χ0) is 20.7. The van der Waals surface area contributed by atoms with Crippen LogP contribution in [0.15, 0.2) is 30.4 Å². The number of ether oxygens (including phenoxy) is 1. The van der Waals surface area contributed by atoms with Gasteiger partial charge in [-0.3, -0.25) is 0 Å². The Morgan fingerprint density at radius 3 is 2.43 bits per heavy atom. The number of halogens is 2. The maximum absolute atomic E-state index is 9.55. The summed E-state index contributed by atoms with van der Waals surface area (Å²) in [5.74, 6) is -1.46. The lowest BCUT2D eigenvalue weighted by Gasteiger charge is -2.38. The molecule has 3 N–H and O–H groups in total. The molecule has 0 amide bonds. The Hall–Kier alpha value is -1.60. The number of carbonyl (C=O) groups is 2. The largest absolute Gasteiger partial charge is 0.478 e. The van der Waals surface area contributed by atoms with Gasteiger partial charge in [-0.25, -0.2) is 9.59 Å². The summed E-state index contributed by atoms with van der Waals surface area (Å²) in [6.45, 7) is 3.66. The fourth-order valence-corrected chi connectivity index (χ4v) is 4.20. The average molecular weight is 430 g/mol. The topological polar surface area (TPSA) is 95.9 Å². The molecular formula is C20H25Cl2NO5. The van der Waals surface area contributed by atoms with Gasteiger partial charge in [0.25, 0.3) is 0 Å². The fourth-order valence-electron chi connectivity index (χ4n) is 3.89. The van der Waals surface area contributed by atoms with Crippen LogP contribution in [0.2, 0.25) is 10.0 Å². The summed E-state index contributed by atoms with van der Waals surface area (Å²) in [5.41, 5.74) is 1.31. The van der Waals surface area contributed by atoms with Gasteiger partial charge in [0.05, 0.1) is 16.7 Å². The van der Waals surface area contributed by atoms with Crippen LogP contribution in [0.3, 0.4) is 0 Å². The van der Waals surface area contributed by atoms with Gasteiger partial charge in [-0.2, -0.15) is 0 Å². The zero-order valence-electron chi connectivity index (χ0n) is 15.6. The molecule has 0 spiro atoms. The maximum Gasteiger partial charge on any atom is 0.328 e. The van der Waals surface area contributed by atoms with Crippen molar-refractivity contribution in [3.05, 3.63) is 46.0 Å². The molecule has 0 saturated carbocycles. The van der Waals surface area contributed by atoms with Gasteiger partial charge in [-0.1, -0.05) is 29.3 Å². The lowest BCUT2D eigenvalue weighted by atomic mass is 9.77. The first-order valence-electron chi connectivity index (χ1n) is 9.24. The van der Waals surface area contributed by atoms with Crippen molar-refractivity contribution in [2.24, 2.45) is 5.92 Å². The standard InChI is InChI=1S/C16H21Cl2NO.C4H4O4/c1-2-20-9-13-12(8-11-4-6-16(13)19-11)10-3-5-14(17)15(18)7-10;5-3(6)1-2-4(7)8/h3,5,7,11-13,16,19H,2,4,6,8-9H2,1H3;1-2H,(H,5,6)(H,7,8)/b;2-1+/t11-,12+,13-,16+;/m1./s1. The van der Waals surface area contributed by atoms with Crippen molar-refractivity contribution in [2.75, 3.05) is 13.2 Å². The van der Waals surface area contributed by atoms with Gasteiger partial charge in [0, 0.05) is 36.8 Å². The normalized spacial score (nSPS) is 26.0. The highest BCUT2D eigenvalue weighted by Gasteiger charge is 2.42. The number of hydrogen-bond donors (Lipinski definition) is 3. The minimum atomic E-state index is -1.26. The Labute approximate surface area is 174 Å². The van der Waals surface area contributed by atoms with E-state index in [1.807, 2.05) is 12.1 Å². The van der Waals surface area contributed by atoms with Crippen molar-refractivity contribution >= 4 is 35.1 Å². The highest BCUT2D eigenvalue weighted by molar-refractivity contribution is 6.42. The Bertz CT molecular complexity index is 709. The monoisotopic (exact) mass is 429 g/mol. The molecule has 0 aliphatic carbocycles. The van der Waals surface area contributed by atoms with Gasteiger partial charge in [0.15, 0.2) is 0 Å². The van der Waals surface area contributed by atoms with E-state index in [1.165, 1.54) is 24.8 Å². The predicted octanol–water partition coefficient (Wildman–Crippen LogP) is 3.97. The van der Waals surface area contributed by atoms with E-state index in [2.05, 4.69) is 18.3 Å². The SMILES string of the molecule is CCOC[C@H]1[C@@H]2CC[C@H](C[C@H]1c1ccc(Cl)c(Cl)c1)N2.O=C(O)/C=C/C(=O)O. The van der Waals surface area contributed by atoms with Crippen LogP contribution in [0.1, 0.15) is 37.7 Å². The number of hydrogen-bond acceptors (Lipinski definition) is 4. The van der Waals surface area contributed by atoms with E-state index in [9.17, 15) is 9.59 Å². The van der Waals surface area contributed by atoms with Crippen LogP contribution in [-0.2, 0) is 14.3 Å². The Morgan fingerprint density at radius 1 is 1.18 bits per heavy atom. The van der Waals surface area contributed by atoms with Crippen molar-refractivity contribution in [3.63, 3.8) is 0 Å². The second-order valence-corrected chi connectivity index (χ2v) is 7.71. The molecule has 1 aromatic carbocycles. The molecule has 2 bridgehead atoms. The van der Waals surface area contributed by atoms with E-state index < -0.39 is 11.9 Å². The second kappa shape index (κ2) is 10.8. The lowest BCUT2D eigenvalue weighted by molar-refractivity contribution is -0.134. The number of piperidine rings is 1. The maximum atomic E-state index is 9.55. The highest BCUT2D eigenvalue weighted by atomic mass is 35.5. The number of aliphatic carboxylic acids is 2. The number of carboxylic acid groups (broad SMARTS) is 2. The minimum absolute atomic E-state index is 0.523. The van der Waals surface area contributed by atoms with Crippen molar-refractivity contribution in [1.29, 1.82) is 0 Å². The molecule has 3 rings (SSSR count). The first-order chi connectivity index (χ1) is 13.3. The summed E-state index contributed by atoms with van der Waals surface area (Å²) >= 11 is 12.2. The Morgan fingerprint density at radius 2 is 1.86 bits per heavy atom. The number of carboxylic acids is 2. The third-order valence-electron chi connectivity index (χ3n) is 5.10. The van der Waals surface area contributed by atoms with Gasteiger partial charge >= 0.3 is 11.9 Å². The summed E-state index contributed by atoms with van der Waals surface area (Å²) in [6, 6.07) is 7.32. The molecule has 0 aromatic heterocycles. The minimum Gasteiger partial charge on any atom is -0.478 e. The van der Waals surface area contributed by atoms with E-state index in [1.54, 1.807) is 0 Å². The molecule has 2 aliphatic rings. The molecule has 2 aliphatic heterocycles. The van der Waals surface area contributed by atoms with Crippen molar-refractivity contribution in [1.82, 2.24) is 5.32 Å². The number of benzene rings is 1. The van der Waals surface area contributed by atoms with Crippen LogP contribution >= 0.6 is 23.2 Å². The molecule has 1 aromatic rings. The molecule has 6 nitrogen and oxygen atoms in total. The van der Waals surface area contributed by atoms with Crippen LogP contribution in [-0.4, -0.2) is 47.4 Å². The van der Waals surface area contributed by atoms with E-state index >= 15 is 0 Å². The molecule has 0 unspecified atom stereocenters. The molecule has 4 atom stereocenters. The van der Waals surface area contributed by atoms with E-state index in [-0.39, 0.29) is 0 Å². The van der Waals surface area contributed by atoms with Crippen LogP contribution in [0, 0.1) is 5.92 Å². The quantitative estimate of drug-likeness (QED) is 0.592. The molecule has 2 heterocycles. The molecule has 2 saturated heterocycles. The number of nitrogens with one attached hydrogen (secondary N) is 1. The van der Waals surface area contributed by atoms with E-state index in [0.29, 0.717) is 46.1 Å². The molecular weight excluding hydrogens is 405 g/mol. The average Bonchev–Trinajstić information content (AvgIpc) is 3.04. The van der Waals surface area contributed by atoms with Gasteiger partial charge in [0.1, 0.15) is 0 Å². The first-order valence-corrected chi connectivity index (χ1v) is 10.00. The lowest BCUT2D eigenvalue weighted by Crippen LogP contribution is -2.46. The third-order valence-corrected chi connectivity index (χ3v) is 5.84. The molecule has 0 radical (unpaired) electrons. The van der Waals surface area contributed by atoms with Crippen molar-refractivity contribution in [2.45, 2.75) is 44.2 Å². The zero-order valence-corrected chi connectivity index (χ0v) is 17.1. The van der Waals surface area contributed by atoms with Gasteiger partial charge in [-0.05, 0) is 49.8 Å². The summed E-state index contributed by atoms with van der Waals surface area (Å²) in [5, 5.41) is 20.7. The van der Waals surface area contributed by atoms with Crippen LogP contribution in [0.5, 0.6) is 0 Å². The summed E-state index contributed by atoms with van der Waals surface area (Å²) in [7, 11) is 0. The van der Waals surface area contributed by atoms with Gasteiger partial charge < -0.3 is 20.3 Å². The smallest absolute Gasteiger partial charge is 0.328 e. The second-order valence-electron chi connectivity index (χ2n) is 6.90. The predicted molar refractivity (Wildman–Crippen MR) is 108 cm³/mol.